The second kappa shape index (κ2) is 17.4. The Bertz CT molecular complexity index is 645. The average Bonchev–Trinajstić information content (AvgIpc) is 2.86. The van der Waals surface area contributed by atoms with Gasteiger partial charge in [0.15, 0.2) is 5.79 Å². The van der Waals surface area contributed by atoms with Gasteiger partial charge in [0.05, 0.1) is 12.7 Å². The van der Waals surface area contributed by atoms with Crippen molar-refractivity contribution in [2.24, 2.45) is 0 Å². The van der Waals surface area contributed by atoms with E-state index >= 15 is 0 Å². The molecule has 1 saturated heterocycles. The highest BCUT2D eigenvalue weighted by Crippen LogP contribution is 2.33. The molecule has 6 heteroatoms. The first-order valence-electron chi connectivity index (χ1n) is 14.1. The summed E-state index contributed by atoms with van der Waals surface area (Å²) in [6.45, 7) is 3.97. The minimum absolute atomic E-state index is 0.123. The SMILES string of the molecule is CCCCCCCCCCCCCCC(C)NO[C@@]1(Cc2ccccc2)C[C@@H](O)[C@H](O)[C@@H](CO)O1. The van der Waals surface area contributed by atoms with Gasteiger partial charge in [-0.05, 0) is 18.9 Å². The van der Waals surface area contributed by atoms with Gasteiger partial charge in [0.1, 0.15) is 12.2 Å². The normalized spacial score (nSPS) is 25.6. The Morgan fingerprint density at radius 1 is 0.943 bits per heavy atom. The minimum atomic E-state index is -1.15. The third-order valence-electron chi connectivity index (χ3n) is 7.09. The Hall–Kier alpha value is -1.02. The zero-order valence-electron chi connectivity index (χ0n) is 22.2. The van der Waals surface area contributed by atoms with Gasteiger partial charge in [0.2, 0.25) is 0 Å². The Morgan fingerprint density at radius 3 is 2.09 bits per heavy atom. The number of benzene rings is 1. The van der Waals surface area contributed by atoms with Crippen LogP contribution in [0.4, 0.5) is 0 Å². The molecule has 1 aromatic rings. The second-order valence-electron chi connectivity index (χ2n) is 10.5. The smallest absolute Gasteiger partial charge is 0.194 e. The molecule has 202 valence electrons. The molecule has 1 unspecified atom stereocenters. The highest BCUT2D eigenvalue weighted by atomic mass is 16.8. The molecule has 6 nitrogen and oxygen atoms in total. The molecule has 0 saturated carbocycles. The second-order valence-corrected chi connectivity index (χ2v) is 10.5. The highest BCUT2D eigenvalue weighted by Gasteiger charge is 2.47. The predicted octanol–water partition coefficient (Wildman–Crippen LogP) is 5.43. The van der Waals surface area contributed by atoms with Crippen LogP contribution in [0.15, 0.2) is 30.3 Å². The Kier molecular flexibility index (Phi) is 15.0. The van der Waals surface area contributed by atoms with Gasteiger partial charge in [-0.3, -0.25) is 4.84 Å². The van der Waals surface area contributed by atoms with Crippen LogP contribution in [0, 0.1) is 0 Å². The molecule has 0 aliphatic carbocycles. The molecule has 4 N–H and O–H groups in total. The van der Waals surface area contributed by atoms with Crippen molar-refractivity contribution in [3.63, 3.8) is 0 Å². The van der Waals surface area contributed by atoms with Crippen molar-refractivity contribution in [3.05, 3.63) is 35.9 Å². The van der Waals surface area contributed by atoms with Gasteiger partial charge in [-0.2, -0.15) is 5.48 Å². The fraction of sp³-hybridized carbons (Fsp3) is 0.793. The van der Waals surface area contributed by atoms with Gasteiger partial charge >= 0.3 is 0 Å². The van der Waals surface area contributed by atoms with Gasteiger partial charge in [-0.15, -0.1) is 0 Å². The maximum absolute atomic E-state index is 10.4. The van der Waals surface area contributed by atoms with Crippen LogP contribution in [0.3, 0.4) is 0 Å². The van der Waals surface area contributed by atoms with Gasteiger partial charge in [0.25, 0.3) is 0 Å². The summed E-state index contributed by atoms with van der Waals surface area (Å²) in [5.41, 5.74) is 4.14. The fourth-order valence-corrected chi connectivity index (χ4v) is 4.91. The summed E-state index contributed by atoms with van der Waals surface area (Å²) in [6, 6.07) is 9.94. The standard InChI is InChI=1S/C29H51NO5/c1-3-4-5-6-7-8-9-10-11-12-13-15-18-24(2)30-35-29(21-25-19-16-14-17-20-25)22-26(32)28(33)27(23-31)34-29/h14,16-17,19-20,24,26-28,30-33H,3-13,15,18,21-23H2,1-2H3/t24?,26-,27-,28+,29+/m1/s1. The molecule has 0 spiro atoms. The molecule has 0 bridgehead atoms. The highest BCUT2D eigenvalue weighted by molar-refractivity contribution is 5.17. The number of rotatable bonds is 19. The van der Waals surface area contributed by atoms with Crippen molar-refractivity contribution in [2.75, 3.05) is 6.61 Å². The predicted molar refractivity (Wildman–Crippen MR) is 141 cm³/mol. The van der Waals surface area contributed by atoms with E-state index in [2.05, 4.69) is 19.3 Å². The molecule has 0 amide bonds. The third-order valence-corrected chi connectivity index (χ3v) is 7.09. The van der Waals surface area contributed by atoms with E-state index in [4.69, 9.17) is 9.57 Å². The largest absolute Gasteiger partial charge is 0.394 e. The summed E-state index contributed by atoms with van der Waals surface area (Å²) in [7, 11) is 0. The van der Waals surface area contributed by atoms with E-state index in [1.165, 1.54) is 70.6 Å². The number of hydroxylamine groups is 1. The van der Waals surface area contributed by atoms with E-state index in [1.807, 2.05) is 30.3 Å². The zero-order valence-corrected chi connectivity index (χ0v) is 22.2. The van der Waals surface area contributed by atoms with E-state index in [0.717, 1.165) is 18.4 Å². The maximum Gasteiger partial charge on any atom is 0.194 e. The molecule has 35 heavy (non-hydrogen) atoms. The van der Waals surface area contributed by atoms with Gasteiger partial charge < -0.3 is 20.1 Å². The van der Waals surface area contributed by atoms with Crippen molar-refractivity contribution in [3.8, 4) is 0 Å². The molecular weight excluding hydrogens is 442 g/mol. The van der Waals surface area contributed by atoms with Crippen molar-refractivity contribution >= 4 is 0 Å². The van der Waals surface area contributed by atoms with Crippen LogP contribution in [0.1, 0.15) is 109 Å². The van der Waals surface area contributed by atoms with Crippen LogP contribution in [0.25, 0.3) is 0 Å². The lowest BCUT2D eigenvalue weighted by atomic mass is 9.91. The number of aliphatic hydroxyl groups is 3. The summed E-state index contributed by atoms with van der Waals surface area (Å²) >= 11 is 0. The van der Waals surface area contributed by atoms with Crippen molar-refractivity contribution < 1.29 is 24.9 Å². The van der Waals surface area contributed by atoms with E-state index in [1.54, 1.807) is 0 Å². The molecule has 1 heterocycles. The maximum atomic E-state index is 10.4. The van der Waals surface area contributed by atoms with E-state index < -0.39 is 24.1 Å². The average molecular weight is 494 g/mol. The lowest BCUT2D eigenvalue weighted by Gasteiger charge is -2.45. The Balaban J connectivity index is 1.68. The first kappa shape index (κ1) is 30.2. The van der Waals surface area contributed by atoms with E-state index in [-0.39, 0.29) is 19.1 Å². The summed E-state index contributed by atoms with van der Waals surface area (Å²) in [6.07, 6.45) is 14.5. The van der Waals surface area contributed by atoms with Gasteiger partial charge in [-0.1, -0.05) is 114 Å². The number of hydrogen-bond acceptors (Lipinski definition) is 6. The van der Waals surface area contributed by atoms with Crippen LogP contribution in [0.2, 0.25) is 0 Å². The molecule has 5 atom stereocenters. The van der Waals surface area contributed by atoms with Crippen molar-refractivity contribution in [1.29, 1.82) is 0 Å². The molecule has 0 aromatic heterocycles. The number of ether oxygens (including phenoxy) is 1. The fourth-order valence-electron chi connectivity index (χ4n) is 4.91. The van der Waals surface area contributed by atoms with Crippen molar-refractivity contribution in [2.45, 2.75) is 140 Å². The quantitative estimate of drug-likeness (QED) is 0.152. The molecular formula is C29H51NO5. The molecule has 1 aliphatic heterocycles. The van der Waals surface area contributed by atoms with Gasteiger partial charge in [-0.25, -0.2) is 0 Å². The number of hydrogen-bond donors (Lipinski definition) is 4. The van der Waals surface area contributed by atoms with Crippen LogP contribution in [-0.4, -0.2) is 52.1 Å². The topological polar surface area (TPSA) is 91.2 Å². The number of unbranched alkanes of at least 4 members (excludes halogenated alkanes) is 11. The van der Waals surface area contributed by atoms with Gasteiger partial charge in [0, 0.05) is 18.9 Å². The molecule has 2 rings (SSSR count). The lowest BCUT2D eigenvalue weighted by Crippen LogP contribution is -2.59. The summed E-state index contributed by atoms with van der Waals surface area (Å²) < 4.78 is 6.03. The Morgan fingerprint density at radius 2 is 1.51 bits per heavy atom. The summed E-state index contributed by atoms with van der Waals surface area (Å²) in [5.74, 6) is -1.15. The zero-order chi connectivity index (χ0) is 25.4. The van der Waals surface area contributed by atoms with Crippen LogP contribution < -0.4 is 5.48 Å². The molecule has 0 radical (unpaired) electrons. The minimum Gasteiger partial charge on any atom is -0.394 e. The van der Waals surface area contributed by atoms with Crippen LogP contribution in [0.5, 0.6) is 0 Å². The van der Waals surface area contributed by atoms with Crippen LogP contribution >= 0.6 is 0 Å². The molecule has 1 fully saturated rings. The number of aliphatic hydroxyl groups excluding tert-OH is 3. The van der Waals surface area contributed by atoms with Crippen molar-refractivity contribution in [1.82, 2.24) is 5.48 Å². The first-order chi connectivity index (χ1) is 17.0. The Labute approximate surface area is 213 Å². The third kappa shape index (κ3) is 11.7. The lowest BCUT2D eigenvalue weighted by molar-refractivity contribution is -0.343. The van der Waals surface area contributed by atoms with E-state index in [0.29, 0.717) is 6.42 Å². The summed E-state index contributed by atoms with van der Waals surface area (Å²) in [4.78, 5) is 6.09. The first-order valence-corrected chi connectivity index (χ1v) is 14.1. The van der Waals surface area contributed by atoms with E-state index in [9.17, 15) is 15.3 Å². The van der Waals surface area contributed by atoms with Crippen LogP contribution in [-0.2, 0) is 16.0 Å². The monoisotopic (exact) mass is 493 g/mol. The molecule has 1 aromatic carbocycles. The molecule has 1 aliphatic rings. The number of nitrogens with one attached hydrogen (secondary N) is 1. The summed E-state index contributed by atoms with van der Waals surface area (Å²) in [5, 5.41) is 30.3.